The molecule has 0 heterocycles. The fourth-order valence-corrected chi connectivity index (χ4v) is 1.47. The zero-order chi connectivity index (χ0) is 15.7. The van der Waals surface area contributed by atoms with Crippen LogP contribution < -0.4 is 5.43 Å². The van der Waals surface area contributed by atoms with E-state index < -0.39 is 11.0 Å². The summed E-state index contributed by atoms with van der Waals surface area (Å²) in [7, 11) is 0. The Hall–Kier alpha value is -2.64. The van der Waals surface area contributed by atoms with Crippen molar-refractivity contribution in [2.24, 2.45) is 5.10 Å². The molecule has 0 aliphatic rings. The summed E-state index contributed by atoms with van der Waals surface area (Å²) >= 11 is 0. The number of nitrogens with zero attached hydrogens (tertiary/aromatic N) is 2. The largest absolute Gasteiger partial charge is 0.480 e. The predicted molar refractivity (Wildman–Crippen MR) is 76.0 cm³/mol. The number of nitro benzene ring substituents is 1. The van der Waals surface area contributed by atoms with Crippen molar-refractivity contribution >= 4 is 17.7 Å². The fourth-order valence-electron chi connectivity index (χ4n) is 1.47. The highest BCUT2D eigenvalue weighted by Crippen LogP contribution is 2.12. The molecule has 0 aromatic heterocycles. The van der Waals surface area contributed by atoms with Crippen LogP contribution in [0.15, 0.2) is 29.4 Å². The average Bonchev–Trinajstić information content (AvgIpc) is 2.46. The highest BCUT2D eigenvalue weighted by Gasteiger charge is 2.08. The monoisotopic (exact) mass is 295 g/mol. The molecule has 0 atom stereocenters. The molecule has 1 amide bonds. The van der Waals surface area contributed by atoms with E-state index >= 15 is 0 Å². The van der Waals surface area contributed by atoms with Gasteiger partial charge in [0.15, 0.2) is 0 Å². The van der Waals surface area contributed by atoms with Crippen LogP contribution in [0.4, 0.5) is 10.5 Å². The van der Waals surface area contributed by atoms with Crippen LogP contribution in [-0.2, 0) is 15.9 Å². The third-order valence-electron chi connectivity index (χ3n) is 2.36. The summed E-state index contributed by atoms with van der Waals surface area (Å²) in [4.78, 5) is 21.3. The Labute approximate surface area is 121 Å². The van der Waals surface area contributed by atoms with E-state index in [1.807, 2.05) is 0 Å². The van der Waals surface area contributed by atoms with Crippen LogP contribution in [0.3, 0.4) is 0 Å². The van der Waals surface area contributed by atoms with E-state index in [0.717, 1.165) is 5.56 Å². The van der Waals surface area contributed by atoms with Crippen LogP contribution in [0.1, 0.15) is 19.4 Å². The number of rotatable bonds is 6. The van der Waals surface area contributed by atoms with Crippen molar-refractivity contribution in [3.05, 3.63) is 39.9 Å². The lowest BCUT2D eigenvalue weighted by Gasteiger charge is -2.08. The number of hydrazone groups is 1. The summed E-state index contributed by atoms with van der Waals surface area (Å²) in [5, 5.41) is 14.4. The first kappa shape index (κ1) is 16.4. The van der Waals surface area contributed by atoms with Crippen LogP contribution in [0.5, 0.6) is 0 Å². The van der Waals surface area contributed by atoms with Crippen molar-refractivity contribution in [2.45, 2.75) is 20.3 Å². The van der Waals surface area contributed by atoms with Crippen molar-refractivity contribution in [3.8, 4) is 0 Å². The average molecular weight is 295 g/mol. The molecular weight excluding hydrogens is 278 g/mol. The Kier molecular flexibility index (Phi) is 6.66. The van der Waals surface area contributed by atoms with Crippen LogP contribution in [-0.4, -0.2) is 30.1 Å². The van der Waals surface area contributed by atoms with Crippen molar-refractivity contribution < 1.29 is 19.2 Å². The Morgan fingerprint density at radius 3 is 2.38 bits per heavy atom. The third kappa shape index (κ3) is 5.89. The number of carbonyl (C=O) groups is 1. The quantitative estimate of drug-likeness (QED) is 0.375. The van der Waals surface area contributed by atoms with Crippen molar-refractivity contribution in [3.63, 3.8) is 0 Å². The Morgan fingerprint density at radius 1 is 1.24 bits per heavy atom. The van der Waals surface area contributed by atoms with E-state index in [2.05, 4.69) is 15.3 Å². The van der Waals surface area contributed by atoms with E-state index in [1.165, 1.54) is 12.1 Å². The van der Waals surface area contributed by atoms with Crippen molar-refractivity contribution in [1.29, 1.82) is 0 Å². The lowest BCUT2D eigenvalue weighted by Crippen LogP contribution is -2.22. The van der Waals surface area contributed by atoms with Crippen molar-refractivity contribution in [1.82, 2.24) is 5.43 Å². The van der Waals surface area contributed by atoms with Crippen LogP contribution in [0.25, 0.3) is 0 Å². The molecule has 0 aliphatic heterocycles. The maximum atomic E-state index is 11.2. The summed E-state index contributed by atoms with van der Waals surface area (Å²) in [6.07, 6.45) is -0.364. The number of amides is 1. The van der Waals surface area contributed by atoms with Gasteiger partial charge in [-0.3, -0.25) is 10.1 Å². The minimum absolute atomic E-state index is 0.0123. The molecule has 1 rings (SSSR count). The Bertz CT molecular complexity index is 513. The highest BCUT2D eigenvalue weighted by atomic mass is 16.6. The lowest BCUT2D eigenvalue weighted by molar-refractivity contribution is -0.384. The second kappa shape index (κ2) is 8.51. The molecule has 0 fully saturated rings. The second-order valence-corrected chi connectivity index (χ2v) is 3.87. The molecule has 0 bridgehead atoms. The van der Waals surface area contributed by atoms with E-state index in [1.54, 1.807) is 26.0 Å². The summed E-state index contributed by atoms with van der Waals surface area (Å²) < 4.78 is 9.97. The number of hydrogen-bond acceptors (Lipinski definition) is 6. The molecule has 8 nitrogen and oxygen atoms in total. The molecule has 0 radical (unpaired) electrons. The van der Waals surface area contributed by atoms with Gasteiger partial charge in [-0.25, -0.2) is 10.2 Å². The summed E-state index contributed by atoms with van der Waals surface area (Å²) in [6.45, 7) is 4.10. The molecule has 0 saturated carbocycles. The minimum Gasteiger partial charge on any atom is -0.480 e. The zero-order valence-corrected chi connectivity index (χ0v) is 11.9. The molecule has 1 aromatic rings. The molecule has 0 aliphatic carbocycles. The molecule has 114 valence electrons. The maximum Gasteiger partial charge on any atom is 0.427 e. The van der Waals surface area contributed by atoms with E-state index in [9.17, 15) is 14.9 Å². The first-order chi connectivity index (χ1) is 10.1. The van der Waals surface area contributed by atoms with E-state index in [4.69, 9.17) is 4.74 Å². The number of non-ortho nitro benzene ring substituents is 1. The van der Waals surface area contributed by atoms with Gasteiger partial charge in [0.25, 0.3) is 5.69 Å². The van der Waals surface area contributed by atoms with Gasteiger partial charge in [-0.2, -0.15) is 0 Å². The van der Waals surface area contributed by atoms with Gasteiger partial charge in [-0.15, -0.1) is 5.10 Å². The van der Waals surface area contributed by atoms with Gasteiger partial charge in [-0.05, 0) is 19.4 Å². The van der Waals surface area contributed by atoms with Gasteiger partial charge in [0.05, 0.1) is 24.6 Å². The molecule has 1 aromatic carbocycles. The summed E-state index contributed by atoms with van der Waals surface area (Å²) in [5.74, 6) is 0.291. The fraction of sp³-hybridized carbons (Fsp3) is 0.385. The number of carbonyl (C=O) groups excluding carboxylic acids is 1. The van der Waals surface area contributed by atoms with Crippen molar-refractivity contribution in [2.75, 3.05) is 13.2 Å². The number of nitrogens with one attached hydrogen (secondary N) is 1. The van der Waals surface area contributed by atoms with E-state index in [-0.39, 0.29) is 12.3 Å². The molecule has 1 N–H and O–H groups in total. The van der Waals surface area contributed by atoms with Crippen LogP contribution >= 0.6 is 0 Å². The van der Waals surface area contributed by atoms with Gasteiger partial charge in [0.1, 0.15) is 0 Å². The minimum atomic E-state index is -0.668. The van der Waals surface area contributed by atoms with Gasteiger partial charge >= 0.3 is 6.09 Å². The zero-order valence-electron chi connectivity index (χ0n) is 11.9. The Balaban J connectivity index is 2.70. The Morgan fingerprint density at radius 2 is 1.86 bits per heavy atom. The smallest absolute Gasteiger partial charge is 0.427 e. The first-order valence-corrected chi connectivity index (χ1v) is 6.42. The molecule has 21 heavy (non-hydrogen) atoms. The molecule has 0 saturated heterocycles. The van der Waals surface area contributed by atoms with Crippen LogP contribution in [0, 0.1) is 10.1 Å². The second-order valence-electron chi connectivity index (χ2n) is 3.87. The SMILES string of the molecule is CCOC(=O)N/N=C(/Cc1ccc([N+](=O)[O-])cc1)OCC. The normalized spacial score (nSPS) is 10.9. The topological polar surface area (TPSA) is 103 Å². The predicted octanol–water partition coefficient (Wildman–Crippen LogP) is 2.23. The third-order valence-corrected chi connectivity index (χ3v) is 2.36. The molecule has 8 heteroatoms. The van der Waals surface area contributed by atoms with Gasteiger partial charge in [0, 0.05) is 12.1 Å². The van der Waals surface area contributed by atoms with Gasteiger partial charge in [0.2, 0.25) is 5.90 Å². The lowest BCUT2D eigenvalue weighted by atomic mass is 10.1. The van der Waals surface area contributed by atoms with Gasteiger partial charge in [-0.1, -0.05) is 12.1 Å². The number of benzene rings is 1. The maximum absolute atomic E-state index is 11.2. The molecular formula is C13H17N3O5. The standard InChI is InChI=1S/C13H17N3O5/c1-3-20-12(14-15-13(17)21-4-2)9-10-5-7-11(8-6-10)16(18)19/h5-8H,3-4,9H2,1-2H3,(H,15,17)/b14-12-. The van der Waals surface area contributed by atoms with Gasteiger partial charge < -0.3 is 9.47 Å². The van der Waals surface area contributed by atoms with Crippen LogP contribution in [0.2, 0.25) is 0 Å². The number of nitro groups is 1. The number of hydrogen-bond donors (Lipinski definition) is 1. The highest BCUT2D eigenvalue weighted by molar-refractivity contribution is 5.80. The molecule has 0 spiro atoms. The number of ether oxygens (including phenoxy) is 2. The first-order valence-electron chi connectivity index (χ1n) is 6.42. The summed E-state index contributed by atoms with van der Waals surface area (Å²) in [6, 6.07) is 6.02. The molecule has 0 unspecified atom stereocenters. The summed E-state index contributed by atoms with van der Waals surface area (Å²) in [5.41, 5.74) is 3.00. The van der Waals surface area contributed by atoms with E-state index in [0.29, 0.717) is 18.9 Å².